The van der Waals surface area contributed by atoms with Gasteiger partial charge < -0.3 is 14.0 Å². The van der Waals surface area contributed by atoms with Crippen LogP contribution in [0.3, 0.4) is 0 Å². The molecule has 5 rings (SSSR count). The lowest BCUT2D eigenvalue weighted by molar-refractivity contribution is 0.0569. The van der Waals surface area contributed by atoms with E-state index in [1.807, 2.05) is 57.4 Å². The molecule has 4 aromatic rings. The molecule has 7 nitrogen and oxygen atoms in total. The van der Waals surface area contributed by atoms with Gasteiger partial charge in [0.15, 0.2) is 0 Å². The number of carbonyl (C=O) groups is 1. The van der Waals surface area contributed by atoms with Gasteiger partial charge in [0.1, 0.15) is 0 Å². The van der Waals surface area contributed by atoms with Crippen molar-refractivity contribution in [1.82, 2.24) is 24.6 Å². The molecule has 140 valence electrons. The number of rotatable bonds is 5. The van der Waals surface area contributed by atoms with E-state index >= 15 is 0 Å². The number of thiophene rings is 1. The topological polar surface area (TPSA) is 77.1 Å². The van der Waals surface area contributed by atoms with Crippen molar-refractivity contribution in [2.45, 2.75) is 12.5 Å². The Morgan fingerprint density at radius 3 is 2.79 bits per heavy atom. The maximum Gasteiger partial charge on any atom is 0.253 e. The minimum Gasteiger partial charge on any atom is -0.339 e. The molecule has 8 heteroatoms. The molecule has 0 saturated carbocycles. The minimum absolute atomic E-state index is 0.0310. The van der Waals surface area contributed by atoms with Gasteiger partial charge >= 0.3 is 0 Å². The van der Waals surface area contributed by atoms with E-state index in [0.29, 0.717) is 30.4 Å². The Morgan fingerprint density at radius 1 is 1.21 bits per heavy atom. The van der Waals surface area contributed by atoms with Gasteiger partial charge in [0.05, 0.1) is 17.1 Å². The number of hydrogen-bond acceptors (Lipinski definition) is 6. The number of hydrogen-bond donors (Lipinski definition) is 0. The number of nitrogens with zero attached hydrogens (tertiary/aromatic N) is 5. The van der Waals surface area contributed by atoms with Gasteiger partial charge in [-0.1, -0.05) is 23.4 Å². The molecular weight excluding hydrogens is 374 g/mol. The fourth-order valence-electron chi connectivity index (χ4n) is 3.23. The number of benzene rings is 1. The van der Waals surface area contributed by atoms with Crippen molar-refractivity contribution in [3.63, 3.8) is 0 Å². The molecule has 0 N–H and O–H groups in total. The lowest BCUT2D eigenvalue weighted by atomic mass is 9.98. The second kappa shape index (κ2) is 7.05. The summed E-state index contributed by atoms with van der Waals surface area (Å²) in [5, 5.41) is 6.03. The maximum atomic E-state index is 12.7. The Bertz CT molecular complexity index is 1060. The fraction of sp³-hybridized carbons (Fsp3) is 0.200. The lowest BCUT2D eigenvalue weighted by Crippen LogP contribution is -2.48. The van der Waals surface area contributed by atoms with Gasteiger partial charge in [-0.25, -0.2) is 4.98 Å². The highest BCUT2D eigenvalue weighted by Gasteiger charge is 2.36. The highest BCUT2D eigenvalue weighted by molar-refractivity contribution is 7.13. The minimum atomic E-state index is 0.0310. The van der Waals surface area contributed by atoms with Gasteiger partial charge in [-0.15, -0.1) is 11.3 Å². The molecule has 0 atom stereocenters. The van der Waals surface area contributed by atoms with Crippen LogP contribution in [0.2, 0.25) is 0 Å². The van der Waals surface area contributed by atoms with Gasteiger partial charge in [-0.05, 0) is 29.1 Å². The summed E-state index contributed by atoms with van der Waals surface area (Å²) in [7, 11) is 0. The Hall–Kier alpha value is -3.26. The summed E-state index contributed by atoms with van der Waals surface area (Å²) in [5.74, 6) is 1.35. The molecule has 3 aromatic heterocycles. The third-order valence-electron chi connectivity index (χ3n) is 4.83. The molecule has 0 bridgehead atoms. The molecule has 0 spiro atoms. The van der Waals surface area contributed by atoms with E-state index in [4.69, 9.17) is 4.52 Å². The van der Waals surface area contributed by atoms with E-state index in [1.165, 1.54) is 0 Å². The third kappa shape index (κ3) is 3.22. The average Bonchev–Trinajstić information content (AvgIpc) is 3.43. The molecule has 1 amide bonds. The summed E-state index contributed by atoms with van der Waals surface area (Å²) in [4.78, 5) is 24.0. The standard InChI is InChI=1S/C20H17N5O2S/c26-20(15-5-3-14(4-6-15)10-24-8-7-21-13-24)25-11-16(12-25)19-22-18(23-27-19)17-2-1-9-28-17/h1-9,13,16H,10-12H2. The van der Waals surface area contributed by atoms with E-state index in [1.54, 1.807) is 23.9 Å². The Morgan fingerprint density at radius 2 is 2.07 bits per heavy atom. The zero-order valence-corrected chi connectivity index (χ0v) is 15.7. The van der Waals surface area contributed by atoms with Crippen molar-refractivity contribution in [1.29, 1.82) is 0 Å². The van der Waals surface area contributed by atoms with Crippen molar-refractivity contribution in [2.24, 2.45) is 0 Å². The molecular formula is C20H17N5O2S. The molecule has 1 aromatic carbocycles. The molecule has 1 aliphatic heterocycles. The predicted molar refractivity (Wildman–Crippen MR) is 104 cm³/mol. The second-order valence-corrected chi connectivity index (χ2v) is 7.72. The maximum absolute atomic E-state index is 12.7. The smallest absolute Gasteiger partial charge is 0.253 e. The van der Waals surface area contributed by atoms with Gasteiger partial charge in [-0.2, -0.15) is 4.98 Å². The molecule has 0 unspecified atom stereocenters. The first kappa shape index (κ1) is 16.9. The number of likely N-dealkylation sites (tertiary alicyclic amines) is 1. The summed E-state index contributed by atoms with van der Waals surface area (Å²) in [6.07, 6.45) is 5.45. The van der Waals surface area contributed by atoms with Crippen molar-refractivity contribution in [3.8, 4) is 10.7 Å². The zero-order chi connectivity index (χ0) is 18.9. The first-order valence-electron chi connectivity index (χ1n) is 8.98. The SMILES string of the molecule is O=C(c1ccc(Cn2ccnc2)cc1)N1CC(c2nc(-c3cccs3)no2)C1. The summed E-state index contributed by atoms with van der Waals surface area (Å²) in [6, 6.07) is 11.6. The van der Waals surface area contributed by atoms with E-state index in [0.717, 1.165) is 17.0 Å². The highest BCUT2D eigenvalue weighted by atomic mass is 32.1. The van der Waals surface area contributed by atoms with Crippen LogP contribution in [0.1, 0.15) is 27.7 Å². The van der Waals surface area contributed by atoms with E-state index in [9.17, 15) is 4.79 Å². The van der Waals surface area contributed by atoms with Crippen molar-refractivity contribution >= 4 is 17.2 Å². The quantitative estimate of drug-likeness (QED) is 0.522. The summed E-state index contributed by atoms with van der Waals surface area (Å²) in [6.45, 7) is 1.94. The first-order valence-corrected chi connectivity index (χ1v) is 9.85. The molecule has 1 fully saturated rings. The average molecular weight is 391 g/mol. The molecule has 0 aliphatic carbocycles. The van der Waals surface area contributed by atoms with Crippen molar-refractivity contribution in [3.05, 3.63) is 77.5 Å². The zero-order valence-electron chi connectivity index (χ0n) is 14.9. The van der Waals surface area contributed by atoms with Crippen LogP contribution in [-0.2, 0) is 6.54 Å². The van der Waals surface area contributed by atoms with Gasteiger partial charge in [0.2, 0.25) is 11.7 Å². The summed E-state index contributed by atoms with van der Waals surface area (Å²) >= 11 is 1.58. The summed E-state index contributed by atoms with van der Waals surface area (Å²) < 4.78 is 7.38. The molecule has 0 radical (unpaired) electrons. The second-order valence-electron chi connectivity index (χ2n) is 6.77. The first-order chi connectivity index (χ1) is 13.8. The Kier molecular flexibility index (Phi) is 4.25. The predicted octanol–water partition coefficient (Wildman–Crippen LogP) is 3.28. The van der Waals surface area contributed by atoms with Crippen LogP contribution in [0.5, 0.6) is 0 Å². The third-order valence-corrected chi connectivity index (χ3v) is 5.69. The molecule has 4 heterocycles. The van der Waals surface area contributed by atoms with Gasteiger partial charge in [0, 0.05) is 37.6 Å². The highest BCUT2D eigenvalue weighted by Crippen LogP contribution is 2.30. The number of carbonyl (C=O) groups excluding carboxylic acids is 1. The van der Waals surface area contributed by atoms with Crippen LogP contribution >= 0.6 is 11.3 Å². The van der Waals surface area contributed by atoms with Crippen LogP contribution in [0.15, 0.2) is 65.0 Å². The van der Waals surface area contributed by atoms with Crippen LogP contribution in [0.4, 0.5) is 0 Å². The van der Waals surface area contributed by atoms with Crippen LogP contribution in [0.25, 0.3) is 10.7 Å². The van der Waals surface area contributed by atoms with Gasteiger partial charge in [-0.3, -0.25) is 4.79 Å². The normalized spacial score (nSPS) is 14.2. The number of aromatic nitrogens is 4. The molecule has 1 aliphatic rings. The molecule has 28 heavy (non-hydrogen) atoms. The molecule has 1 saturated heterocycles. The van der Waals surface area contributed by atoms with Crippen molar-refractivity contribution < 1.29 is 9.32 Å². The Balaban J connectivity index is 1.20. The van der Waals surface area contributed by atoms with Crippen LogP contribution < -0.4 is 0 Å². The number of imidazole rings is 1. The van der Waals surface area contributed by atoms with Crippen LogP contribution in [-0.4, -0.2) is 43.6 Å². The summed E-state index contributed by atoms with van der Waals surface area (Å²) in [5.41, 5.74) is 1.82. The fourth-order valence-corrected chi connectivity index (χ4v) is 3.88. The van der Waals surface area contributed by atoms with Crippen molar-refractivity contribution in [2.75, 3.05) is 13.1 Å². The number of amides is 1. The van der Waals surface area contributed by atoms with E-state index in [2.05, 4.69) is 15.1 Å². The lowest BCUT2D eigenvalue weighted by Gasteiger charge is -2.37. The largest absolute Gasteiger partial charge is 0.339 e. The van der Waals surface area contributed by atoms with E-state index < -0.39 is 0 Å². The van der Waals surface area contributed by atoms with E-state index in [-0.39, 0.29) is 11.8 Å². The Labute approximate surface area is 165 Å². The van der Waals surface area contributed by atoms with Crippen LogP contribution in [0, 0.1) is 0 Å². The van der Waals surface area contributed by atoms with Gasteiger partial charge in [0.25, 0.3) is 5.91 Å². The monoisotopic (exact) mass is 391 g/mol.